The SMILES string of the molecule is COc1ccc(C(=O)C2CCN(C(=O)CCl)CC2)cc1. The largest absolute Gasteiger partial charge is 0.497 e. The van der Waals surface area contributed by atoms with Crippen molar-refractivity contribution in [2.45, 2.75) is 12.8 Å². The molecule has 4 nitrogen and oxygen atoms in total. The number of hydrogen-bond acceptors (Lipinski definition) is 3. The van der Waals surface area contributed by atoms with Crippen LogP contribution in [0.5, 0.6) is 5.75 Å². The first kappa shape index (κ1) is 14.9. The Bertz CT molecular complexity index is 478. The number of Topliss-reactive ketones (excluding diaryl/α,β-unsaturated/α-hetero) is 1. The molecule has 1 aromatic carbocycles. The van der Waals surface area contributed by atoms with Crippen LogP contribution in [0.3, 0.4) is 0 Å². The first-order valence-electron chi connectivity index (χ1n) is 6.67. The van der Waals surface area contributed by atoms with Gasteiger partial charge in [0.2, 0.25) is 5.91 Å². The van der Waals surface area contributed by atoms with E-state index in [4.69, 9.17) is 16.3 Å². The number of carbonyl (C=O) groups excluding carboxylic acids is 2. The summed E-state index contributed by atoms with van der Waals surface area (Å²) in [5, 5.41) is 0. The van der Waals surface area contributed by atoms with Crippen LogP contribution in [-0.4, -0.2) is 42.7 Å². The van der Waals surface area contributed by atoms with Crippen molar-refractivity contribution in [2.75, 3.05) is 26.1 Å². The molecule has 1 aliphatic rings. The minimum Gasteiger partial charge on any atom is -0.497 e. The molecule has 1 aliphatic heterocycles. The zero-order chi connectivity index (χ0) is 14.5. The molecular weight excluding hydrogens is 278 g/mol. The number of ether oxygens (including phenoxy) is 1. The maximum Gasteiger partial charge on any atom is 0.237 e. The molecule has 0 saturated carbocycles. The molecule has 0 aliphatic carbocycles. The van der Waals surface area contributed by atoms with Crippen LogP contribution in [0, 0.1) is 5.92 Å². The minimum atomic E-state index is -0.0537. The van der Waals surface area contributed by atoms with E-state index in [0.717, 1.165) is 5.75 Å². The van der Waals surface area contributed by atoms with Crippen LogP contribution in [0.25, 0.3) is 0 Å². The van der Waals surface area contributed by atoms with E-state index in [2.05, 4.69) is 0 Å². The number of piperidine rings is 1. The maximum atomic E-state index is 12.4. The van der Waals surface area contributed by atoms with Crippen LogP contribution < -0.4 is 4.74 Å². The van der Waals surface area contributed by atoms with Gasteiger partial charge in [0.1, 0.15) is 11.6 Å². The standard InChI is InChI=1S/C15H18ClNO3/c1-20-13-4-2-11(3-5-13)15(19)12-6-8-17(9-7-12)14(18)10-16/h2-5,12H,6-10H2,1H3. The summed E-state index contributed by atoms with van der Waals surface area (Å²) in [7, 11) is 1.60. The second-order valence-electron chi connectivity index (χ2n) is 4.88. The number of carbonyl (C=O) groups is 2. The van der Waals surface area contributed by atoms with Crippen LogP contribution in [0.4, 0.5) is 0 Å². The van der Waals surface area contributed by atoms with Crippen molar-refractivity contribution in [3.63, 3.8) is 0 Å². The Morgan fingerprint density at radius 2 is 1.85 bits per heavy atom. The van der Waals surface area contributed by atoms with E-state index in [9.17, 15) is 9.59 Å². The molecule has 1 saturated heterocycles. The van der Waals surface area contributed by atoms with Gasteiger partial charge in [-0.3, -0.25) is 9.59 Å². The number of alkyl halides is 1. The highest BCUT2D eigenvalue weighted by Crippen LogP contribution is 2.23. The van der Waals surface area contributed by atoms with Crippen LogP contribution in [0.1, 0.15) is 23.2 Å². The van der Waals surface area contributed by atoms with Crippen molar-refractivity contribution >= 4 is 23.3 Å². The zero-order valence-electron chi connectivity index (χ0n) is 11.5. The Morgan fingerprint density at radius 3 is 2.35 bits per heavy atom. The molecule has 0 atom stereocenters. The second-order valence-corrected chi connectivity index (χ2v) is 5.15. The summed E-state index contributed by atoms with van der Waals surface area (Å²) in [6, 6.07) is 7.16. The Balaban J connectivity index is 1.95. The van der Waals surface area contributed by atoms with E-state index in [-0.39, 0.29) is 23.5 Å². The molecule has 108 valence electrons. The monoisotopic (exact) mass is 295 g/mol. The lowest BCUT2D eigenvalue weighted by Crippen LogP contribution is -2.40. The Kier molecular flexibility index (Phi) is 5.01. The molecule has 0 spiro atoms. The van der Waals surface area contributed by atoms with Gasteiger partial charge in [0.25, 0.3) is 0 Å². The fourth-order valence-electron chi connectivity index (χ4n) is 2.47. The van der Waals surface area contributed by atoms with Gasteiger partial charge < -0.3 is 9.64 Å². The fourth-order valence-corrected chi connectivity index (χ4v) is 2.64. The van der Waals surface area contributed by atoms with E-state index < -0.39 is 0 Å². The summed E-state index contributed by atoms with van der Waals surface area (Å²) in [5.41, 5.74) is 0.702. The van der Waals surface area contributed by atoms with Crippen molar-refractivity contribution in [1.82, 2.24) is 4.90 Å². The second kappa shape index (κ2) is 6.75. The van der Waals surface area contributed by atoms with Gasteiger partial charge in [0.05, 0.1) is 7.11 Å². The van der Waals surface area contributed by atoms with Crippen LogP contribution in [-0.2, 0) is 4.79 Å². The number of likely N-dealkylation sites (tertiary alicyclic amines) is 1. The summed E-state index contributed by atoms with van der Waals surface area (Å²) >= 11 is 5.54. The topological polar surface area (TPSA) is 46.6 Å². The Morgan fingerprint density at radius 1 is 1.25 bits per heavy atom. The van der Waals surface area contributed by atoms with Crippen LogP contribution in [0.2, 0.25) is 0 Å². The summed E-state index contributed by atoms with van der Waals surface area (Å²) < 4.78 is 5.08. The van der Waals surface area contributed by atoms with Crippen molar-refractivity contribution in [1.29, 1.82) is 0 Å². The molecule has 5 heteroatoms. The highest BCUT2D eigenvalue weighted by atomic mass is 35.5. The molecule has 1 fully saturated rings. The van der Waals surface area contributed by atoms with E-state index in [1.165, 1.54) is 0 Å². The summed E-state index contributed by atoms with van der Waals surface area (Å²) in [4.78, 5) is 25.6. The molecule has 1 aromatic rings. The van der Waals surface area contributed by atoms with Gasteiger partial charge >= 0.3 is 0 Å². The fraction of sp³-hybridized carbons (Fsp3) is 0.467. The van der Waals surface area contributed by atoms with Gasteiger partial charge in [0, 0.05) is 24.6 Å². The van der Waals surface area contributed by atoms with Crippen molar-refractivity contribution in [3.8, 4) is 5.75 Å². The van der Waals surface area contributed by atoms with Gasteiger partial charge in [-0.05, 0) is 37.1 Å². The normalized spacial score (nSPS) is 16.0. The van der Waals surface area contributed by atoms with E-state index in [1.807, 2.05) is 0 Å². The zero-order valence-corrected chi connectivity index (χ0v) is 12.2. The molecule has 1 heterocycles. The van der Waals surface area contributed by atoms with E-state index in [0.29, 0.717) is 31.5 Å². The Labute approximate surface area is 123 Å². The number of amides is 1. The third kappa shape index (κ3) is 3.31. The molecule has 0 unspecified atom stereocenters. The van der Waals surface area contributed by atoms with Crippen molar-refractivity contribution in [2.24, 2.45) is 5.92 Å². The number of halogens is 1. The number of rotatable bonds is 4. The average molecular weight is 296 g/mol. The highest BCUT2D eigenvalue weighted by molar-refractivity contribution is 6.27. The number of ketones is 1. The van der Waals surface area contributed by atoms with E-state index >= 15 is 0 Å². The summed E-state index contributed by atoms with van der Waals surface area (Å²) in [6.07, 6.45) is 1.40. The first-order valence-corrected chi connectivity index (χ1v) is 7.21. The number of methoxy groups -OCH3 is 1. The van der Waals surface area contributed by atoms with Gasteiger partial charge in [-0.2, -0.15) is 0 Å². The average Bonchev–Trinajstić information content (AvgIpc) is 2.53. The molecule has 0 aromatic heterocycles. The molecule has 1 amide bonds. The number of hydrogen-bond donors (Lipinski definition) is 0. The molecule has 0 radical (unpaired) electrons. The minimum absolute atomic E-state index is 0.0110. The maximum absolute atomic E-state index is 12.4. The molecule has 2 rings (SSSR count). The van der Waals surface area contributed by atoms with Crippen molar-refractivity contribution < 1.29 is 14.3 Å². The Hall–Kier alpha value is -1.55. The van der Waals surface area contributed by atoms with Gasteiger partial charge in [-0.1, -0.05) is 0 Å². The smallest absolute Gasteiger partial charge is 0.237 e. The predicted octanol–water partition coefficient (Wildman–Crippen LogP) is 2.36. The summed E-state index contributed by atoms with van der Waals surface area (Å²) in [5.74, 6) is 0.830. The van der Waals surface area contributed by atoms with Gasteiger partial charge in [-0.15, -0.1) is 11.6 Å². The van der Waals surface area contributed by atoms with Crippen molar-refractivity contribution in [3.05, 3.63) is 29.8 Å². The van der Waals surface area contributed by atoms with E-state index in [1.54, 1.807) is 36.3 Å². The summed E-state index contributed by atoms with van der Waals surface area (Å²) in [6.45, 7) is 1.22. The molecule has 0 bridgehead atoms. The quantitative estimate of drug-likeness (QED) is 0.633. The molecular formula is C15H18ClNO3. The van der Waals surface area contributed by atoms with Gasteiger partial charge in [0.15, 0.2) is 5.78 Å². The van der Waals surface area contributed by atoms with Crippen LogP contribution >= 0.6 is 11.6 Å². The highest BCUT2D eigenvalue weighted by Gasteiger charge is 2.27. The third-order valence-electron chi connectivity index (χ3n) is 3.71. The molecule has 20 heavy (non-hydrogen) atoms. The van der Waals surface area contributed by atoms with Gasteiger partial charge in [-0.25, -0.2) is 0 Å². The lowest BCUT2D eigenvalue weighted by atomic mass is 9.89. The van der Waals surface area contributed by atoms with Crippen LogP contribution in [0.15, 0.2) is 24.3 Å². The first-order chi connectivity index (χ1) is 9.65. The third-order valence-corrected chi connectivity index (χ3v) is 3.94. The molecule has 0 N–H and O–H groups in total. The number of benzene rings is 1. The lowest BCUT2D eigenvalue weighted by molar-refractivity contribution is -0.129. The predicted molar refractivity (Wildman–Crippen MR) is 77.3 cm³/mol. The lowest BCUT2D eigenvalue weighted by Gasteiger charge is -2.30. The number of nitrogens with zero attached hydrogens (tertiary/aromatic N) is 1.